The molecule has 1 atom stereocenters. The monoisotopic (exact) mass is 439 g/mol. The van der Waals surface area contributed by atoms with Crippen LogP contribution in [0.5, 0.6) is 0 Å². The third-order valence-corrected chi connectivity index (χ3v) is 6.59. The number of nitrogens with one attached hydrogen (secondary N) is 1. The van der Waals surface area contributed by atoms with Crippen molar-refractivity contribution in [3.8, 4) is 0 Å². The number of hydrogen-bond acceptors (Lipinski definition) is 7. The summed E-state index contributed by atoms with van der Waals surface area (Å²) in [5.41, 5.74) is -1.26. The Hall–Kier alpha value is -3.06. The molecule has 2 fully saturated rings. The van der Waals surface area contributed by atoms with Gasteiger partial charge in [-0.15, -0.1) is 0 Å². The second kappa shape index (κ2) is 7.65. The van der Waals surface area contributed by atoms with Crippen molar-refractivity contribution in [3.05, 3.63) is 39.9 Å². The van der Waals surface area contributed by atoms with E-state index in [-0.39, 0.29) is 31.9 Å². The summed E-state index contributed by atoms with van der Waals surface area (Å²) < 4.78 is 24.4. The van der Waals surface area contributed by atoms with E-state index in [1.165, 1.54) is 40.4 Å². The lowest BCUT2D eigenvalue weighted by Gasteiger charge is -2.33. The van der Waals surface area contributed by atoms with Crippen molar-refractivity contribution >= 4 is 33.6 Å². The average Bonchev–Trinajstić information content (AvgIpc) is 2.91. The molecule has 13 heteroatoms. The van der Waals surface area contributed by atoms with Crippen molar-refractivity contribution in [2.24, 2.45) is 0 Å². The van der Waals surface area contributed by atoms with Crippen LogP contribution in [-0.2, 0) is 25.2 Å². The van der Waals surface area contributed by atoms with Gasteiger partial charge < -0.3 is 10.2 Å². The highest BCUT2D eigenvalue weighted by Crippen LogP contribution is 2.30. The SMILES string of the molecule is C[C@]1(c2ccc([N+](=O)[O-])cc2)NC(=O)N(CC(=O)N2CCN(S(C)(=O)=O)CC2)C1=O. The normalized spacial score (nSPS) is 22.9. The lowest BCUT2D eigenvalue weighted by atomic mass is 9.92. The molecule has 2 saturated heterocycles. The average molecular weight is 439 g/mol. The maximum atomic E-state index is 12.9. The van der Waals surface area contributed by atoms with Crippen molar-refractivity contribution in [2.75, 3.05) is 39.0 Å². The van der Waals surface area contributed by atoms with Crippen LogP contribution in [0, 0.1) is 10.1 Å². The number of benzene rings is 1. The van der Waals surface area contributed by atoms with Crippen molar-refractivity contribution < 1.29 is 27.7 Å². The van der Waals surface area contributed by atoms with Crippen molar-refractivity contribution in [2.45, 2.75) is 12.5 Å². The molecular formula is C17H21N5O7S. The summed E-state index contributed by atoms with van der Waals surface area (Å²) in [6, 6.07) is 4.48. The highest BCUT2D eigenvalue weighted by Gasteiger charge is 2.50. The minimum Gasteiger partial charge on any atom is -0.338 e. The van der Waals surface area contributed by atoms with E-state index in [1.54, 1.807) is 0 Å². The molecule has 0 saturated carbocycles. The topological polar surface area (TPSA) is 150 Å². The Morgan fingerprint density at radius 2 is 1.73 bits per heavy atom. The van der Waals surface area contributed by atoms with Gasteiger partial charge in [0.25, 0.3) is 11.6 Å². The summed E-state index contributed by atoms with van der Waals surface area (Å²) in [7, 11) is -3.34. The molecule has 0 unspecified atom stereocenters. The molecule has 12 nitrogen and oxygen atoms in total. The van der Waals surface area contributed by atoms with Gasteiger partial charge in [-0.1, -0.05) is 0 Å². The second-order valence-corrected chi connectivity index (χ2v) is 9.28. The van der Waals surface area contributed by atoms with Gasteiger partial charge in [0.2, 0.25) is 15.9 Å². The molecule has 1 aromatic rings. The molecule has 4 amide bonds. The molecular weight excluding hydrogens is 418 g/mol. The fourth-order valence-corrected chi connectivity index (χ4v) is 4.28. The van der Waals surface area contributed by atoms with Crippen LogP contribution in [0.1, 0.15) is 12.5 Å². The maximum Gasteiger partial charge on any atom is 0.325 e. The predicted molar refractivity (Wildman–Crippen MR) is 104 cm³/mol. The van der Waals surface area contributed by atoms with Gasteiger partial charge >= 0.3 is 6.03 Å². The Bertz CT molecular complexity index is 1000. The molecule has 1 aromatic carbocycles. The molecule has 0 aromatic heterocycles. The summed E-state index contributed by atoms with van der Waals surface area (Å²) in [6.45, 7) is 1.59. The molecule has 3 rings (SSSR count). The van der Waals surface area contributed by atoms with Crippen LogP contribution in [0.2, 0.25) is 0 Å². The van der Waals surface area contributed by atoms with Crippen LogP contribution >= 0.6 is 0 Å². The van der Waals surface area contributed by atoms with Crippen LogP contribution in [-0.4, -0.2) is 84.3 Å². The molecule has 0 aliphatic carbocycles. The first-order valence-corrected chi connectivity index (χ1v) is 10.9. The first kappa shape index (κ1) is 21.6. The van der Waals surface area contributed by atoms with Gasteiger partial charge in [-0.05, 0) is 24.6 Å². The standard InChI is InChI=1S/C17H21N5O7S/c1-17(12-3-5-13(6-4-12)22(26)27)15(24)21(16(25)18-17)11-14(23)19-7-9-20(10-8-19)30(2,28)29/h3-6H,7-11H2,1-2H3,(H,18,25)/t17-/m1/s1. The van der Waals surface area contributed by atoms with Crippen molar-refractivity contribution in [1.29, 1.82) is 0 Å². The van der Waals surface area contributed by atoms with E-state index in [4.69, 9.17) is 0 Å². The predicted octanol–water partition coefficient (Wildman–Crippen LogP) is -0.534. The number of piperazine rings is 1. The van der Waals surface area contributed by atoms with Gasteiger partial charge in [-0.2, -0.15) is 4.31 Å². The Balaban J connectivity index is 1.69. The summed E-state index contributed by atoms with van der Waals surface area (Å²) in [5.74, 6) is -1.12. The minimum absolute atomic E-state index is 0.144. The number of amides is 4. The highest BCUT2D eigenvalue weighted by molar-refractivity contribution is 7.88. The lowest BCUT2D eigenvalue weighted by Crippen LogP contribution is -2.53. The number of nitro groups is 1. The zero-order valence-corrected chi connectivity index (χ0v) is 17.2. The molecule has 0 radical (unpaired) electrons. The Kier molecular flexibility index (Phi) is 5.52. The molecule has 0 bridgehead atoms. The fraction of sp³-hybridized carbons (Fsp3) is 0.471. The summed E-state index contributed by atoms with van der Waals surface area (Å²) in [6.07, 6.45) is 1.09. The van der Waals surface area contributed by atoms with E-state index in [9.17, 15) is 32.9 Å². The fourth-order valence-electron chi connectivity index (χ4n) is 3.46. The first-order chi connectivity index (χ1) is 13.9. The van der Waals surface area contributed by atoms with E-state index in [2.05, 4.69) is 5.32 Å². The van der Waals surface area contributed by atoms with Gasteiger partial charge in [-0.25, -0.2) is 13.2 Å². The van der Waals surface area contributed by atoms with Crippen LogP contribution in [0.15, 0.2) is 24.3 Å². The van der Waals surface area contributed by atoms with Gasteiger partial charge in [0.05, 0.1) is 11.2 Å². The molecule has 30 heavy (non-hydrogen) atoms. The van der Waals surface area contributed by atoms with Gasteiger partial charge in [0.15, 0.2) is 0 Å². The molecule has 0 spiro atoms. The Morgan fingerprint density at radius 1 is 1.17 bits per heavy atom. The number of carbonyl (C=O) groups excluding carboxylic acids is 3. The minimum atomic E-state index is -3.34. The number of nitro benzene ring substituents is 1. The zero-order chi connectivity index (χ0) is 22.3. The lowest BCUT2D eigenvalue weighted by molar-refractivity contribution is -0.384. The van der Waals surface area contributed by atoms with Crippen LogP contribution in [0.3, 0.4) is 0 Å². The van der Waals surface area contributed by atoms with E-state index in [1.807, 2.05) is 0 Å². The number of imide groups is 1. The largest absolute Gasteiger partial charge is 0.338 e. The number of rotatable bonds is 5. The van der Waals surface area contributed by atoms with Gasteiger partial charge in [0, 0.05) is 38.3 Å². The van der Waals surface area contributed by atoms with Crippen molar-refractivity contribution in [1.82, 2.24) is 19.4 Å². The number of non-ortho nitro benzene ring substituents is 1. The van der Waals surface area contributed by atoms with Crippen LogP contribution in [0.25, 0.3) is 0 Å². The Labute approximate surface area is 172 Å². The molecule has 2 aliphatic heterocycles. The molecule has 162 valence electrons. The van der Waals surface area contributed by atoms with Gasteiger partial charge in [-0.3, -0.25) is 24.6 Å². The summed E-state index contributed by atoms with van der Waals surface area (Å²) >= 11 is 0. The number of nitrogens with zero attached hydrogens (tertiary/aromatic N) is 4. The number of hydrogen-bond donors (Lipinski definition) is 1. The summed E-state index contributed by atoms with van der Waals surface area (Å²) in [4.78, 5) is 50.3. The Morgan fingerprint density at radius 3 is 2.23 bits per heavy atom. The van der Waals surface area contributed by atoms with Crippen LogP contribution < -0.4 is 5.32 Å². The third-order valence-electron chi connectivity index (χ3n) is 5.28. The third kappa shape index (κ3) is 3.98. The van der Waals surface area contributed by atoms with E-state index < -0.39 is 44.9 Å². The van der Waals surface area contributed by atoms with E-state index in [0.29, 0.717) is 5.56 Å². The second-order valence-electron chi connectivity index (χ2n) is 7.29. The van der Waals surface area contributed by atoms with Crippen molar-refractivity contribution in [3.63, 3.8) is 0 Å². The van der Waals surface area contributed by atoms with E-state index >= 15 is 0 Å². The molecule has 2 heterocycles. The van der Waals surface area contributed by atoms with E-state index in [0.717, 1.165) is 11.2 Å². The summed E-state index contributed by atoms with van der Waals surface area (Å²) in [5, 5.41) is 13.4. The molecule has 1 N–H and O–H groups in total. The molecule has 2 aliphatic rings. The number of urea groups is 1. The van der Waals surface area contributed by atoms with Gasteiger partial charge in [0.1, 0.15) is 12.1 Å². The smallest absolute Gasteiger partial charge is 0.325 e. The number of carbonyl (C=O) groups is 3. The maximum absolute atomic E-state index is 12.9. The van der Waals surface area contributed by atoms with Crippen LogP contribution in [0.4, 0.5) is 10.5 Å². The quantitative estimate of drug-likeness (QED) is 0.368. The first-order valence-electron chi connectivity index (χ1n) is 9.05. The zero-order valence-electron chi connectivity index (χ0n) is 16.4. The highest BCUT2D eigenvalue weighted by atomic mass is 32.2. The number of sulfonamides is 1.